The lowest BCUT2D eigenvalue weighted by molar-refractivity contribution is -0.231. The van der Waals surface area contributed by atoms with Crippen LogP contribution in [0.4, 0.5) is 0 Å². The lowest BCUT2D eigenvalue weighted by Crippen LogP contribution is -2.55. The number of benzene rings is 2. The molecule has 0 amide bonds. The maximum Gasteiger partial charge on any atom is 0.119 e. The van der Waals surface area contributed by atoms with Crippen LogP contribution >= 0.6 is 11.6 Å². The third kappa shape index (κ3) is 5.69. The molecule has 0 aromatic heterocycles. The minimum absolute atomic E-state index is 0.0317. The van der Waals surface area contributed by atoms with Crippen molar-refractivity contribution in [1.29, 1.82) is 0 Å². The van der Waals surface area contributed by atoms with E-state index in [4.69, 9.17) is 21.1 Å². The van der Waals surface area contributed by atoms with Crippen molar-refractivity contribution >= 4 is 11.6 Å². The van der Waals surface area contributed by atoms with Crippen molar-refractivity contribution in [1.82, 2.24) is 0 Å². The van der Waals surface area contributed by atoms with Crippen LogP contribution in [0.1, 0.15) is 48.5 Å². The molecule has 1 saturated carbocycles. The van der Waals surface area contributed by atoms with Crippen molar-refractivity contribution in [2.24, 2.45) is 0 Å². The molecule has 1 aliphatic heterocycles. The summed E-state index contributed by atoms with van der Waals surface area (Å²) >= 11 is 6.42. The molecule has 0 radical (unpaired) electrons. The van der Waals surface area contributed by atoms with Crippen LogP contribution < -0.4 is 4.74 Å². The van der Waals surface area contributed by atoms with Crippen LogP contribution in [0, 0.1) is 0 Å². The second-order valence-corrected chi connectivity index (χ2v) is 9.39. The summed E-state index contributed by atoms with van der Waals surface area (Å²) in [6.07, 6.45) is -2.37. The van der Waals surface area contributed by atoms with Gasteiger partial charge in [0.1, 0.15) is 42.4 Å². The summed E-state index contributed by atoms with van der Waals surface area (Å²) in [5, 5.41) is 50.4. The Morgan fingerprint density at radius 3 is 2.39 bits per heavy atom. The zero-order chi connectivity index (χ0) is 23.5. The van der Waals surface area contributed by atoms with Crippen LogP contribution in [0.3, 0.4) is 0 Å². The van der Waals surface area contributed by atoms with E-state index >= 15 is 0 Å². The average Bonchev–Trinajstić information content (AvgIpc) is 2.81. The molecular formula is C25H31ClO7. The molecule has 33 heavy (non-hydrogen) atoms. The number of hydrogen-bond donors (Lipinski definition) is 5. The first-order chi connectivity index (χ1) is 15.9. The third-order valence-corrected chi connectivity index (χ3v) is 6.88. The van der Waals surface area contributed by atoms with Gasteiger partial charge in [0.25, 0.3) is 0 Å². The molecule has 1 saturated heterocycles. The standard InChI is InChI=1S/C25H31ClO7/c26-20-9-6-15(25-24(31)23(30)22(29)21(13-27)33-25)11-16(20)10-14-4-7-18(8-5-14)32-19-3-1-2-17(28)12-19/h4-9,11,17,19,21-25,27-31H,1-3,10,12-13H2/t17?,19-,21-,22-,23+,24-,25+/m1/s1. The molecule has 2 aromatic rings. The highest BCUT2D eigenvalue weighted by atomic mass is 35.5. The molecule has 2 aliphatic rings. The molecule has 7 atom stereocenters. The highest BCUT2D eigenvalue weighted by molar-refractivity contribution is 6.31. The van der Waals surface area contributed by atoms with Gasteiger partial charge in [0.2, 0.25) is 0 Å². The molecule has 0 bridgehead atoms. The van der Waals surface area contributed by atoms with E-state index in [1.807, 2.05) is 30.3 Å². The van der Waals surface area contributed by atoms with Gasteiger partial charge in [-0.25, -0.2) is 0 Å². The van der Waals surface area contributed by atoms with Gasteiger partial charge in [0.15, 0.2) is 0 Å². The van der Waals surface area contributed by atoms with E-state index in [2.05, 4.69) is 0 Å². The van der Waals surface area contributed by atoms with Gasteiger partial charge in [-0.05, 0) is 60.6 Å². The second kappa shape index (κ2) is 10.7. The SMILES string of the molecule is OC[C@H]1O[C@@H](c2ccc(Cl)c(Cc3ccc(O[C@@H]4CCCC(O)C4)cc3)c2)[C@H](O)[C@@H](O)[C@@H]1O. The molecule has 1 heterocycles. The maximum absolute atomic E-state index is 10.4. The highest BCUT2D eigenvalue weighted by Crippen LogP contribution is 2.34. The minimum atomic E-state index is -1.43. The van der Waals surface area contributed by atoms with Gasteiger partial charge in [0.05, 0.1) is 12.7 Å². The second-order valence-electron chi connectivity index (χ2n) is 8.98. The summed E-state index contributed by atoms with van der Waals surface area (Å²) in [4.78, 5) is 0. The zero-order valence-corrected chi connectivity index (χ0v) is 19.0. The van der Waals surface area contributed by atoms with Crippen LogP contribution in [-0.2, 0) is 11.2 Å². The third-order valence-electron chi connectivity index (χ3n) is 6.51. The van der Waals surface area contributed by atoms with Crippen LogP contribution in [-0.4, -0.2) is 68.8 Å². The number of halogens is 1. The van der Waals surface area contributed by atoms with Crippen molar-refractivity contribution in [2.75, 3.05) is 6.61 Å². The first kappa shape index (κ1) is 24.4. The Labute approximate surface area is 198 Å². The van der Waals surface area contributed by atoms with Gasteiger partial charge in [0, 0.05) is 11.4 Å². The lowest BCUT2D eigenvalue weighted by atomic mass is 9.90. The number of aliphatic hydroxyl groups excluding tert-OH is 5. The van der Waals surface area contributed by atoms with Gasteiger partial charge in [-0.1, -0.05) is 35.9 Å². The highest BCUT2D eigenvalue weighted by Gasteiger charge is 2.44. The van der Waals surface area contributed by atoms with Crippen molar-refractivity contribution in [2.45, 2.75) is 74.8 Å². The molecule has 1 unspecified atom stereocenters. The van der Waals surface area contributed by atoms with Gasteiger partial charge in [-0.2, -0.15) is 0 Å². The first-order valence-corrected chi connectivity index (χ1v) is 11.8. The van der Waals surface area contributed by atoms with Gasteiger partial charge in [-0.15, -0.1) is 0 Å². The number of rotatable bonds is 6. The minimum Gasteiger partial charge on any atom is -0.490 e. The van der Waals surface area contributed by atoms with E-state index in [1.165, 1.54) is 0 Å². The molecular weight excluding hydrogens is 448 g/mol. The van der Waals surface area contributed by atoms with E-state index < -0.39 is 37.1 Å². The number of aliphatic hydroxyl groups is 5. The topological polar surface area (TPSA) is 120 Å². The summed E-state index contributed by atoms with van der Waals surface area (Å²) in [6, 6.07) is 13.0. The normalized spacial score (nSPS) is 32.5. The fourth-order valence-corrected chi connectivity index (χ4v) is 4.79. The molecule has 8 heteroatoms. The zero-order valence-electron chi connectivity index (χ0n) is 18.3. The fourth-order valence-electron chi connectivity index (χ4n) is 4.61. The first-order valence-electron chi connectivity index (χ1n) is 11.4. The van der Waals surface area contributed by atoms with Crippen molar-refractivity contribution in [3.63, 3.8) is 0 Å². The largest absolute Gasteiger partial charge is 0.490 e. The quantitative estimate of drug-likeness (QED) is 0.431. The molecule has 2 fully saturated rings. The van der Waals surface area contributed by atoms with Crippen molar-refractivity contribution in [3.8, 4) is 5.75 Å². The molecule has 1 aliphatic carbocycles. The molecule has 180 valence electrons. The summed E-state index contributed by atoms with van der Waals surface area (Å²) in [5.41, 5.74) is 2.43. The van der Waals surface area contributed by atoms with Crippen LogP contribution in [0.15, 0.2) is 42.5 Å². The fraction of sp³-hybridized carbons (Fsp3) is 0.520. The lowest BCUT2D eigenvalue weighted by Gasteiger charge is -2.40. The Balaban J connectivity index is 1.46. The van der Waals surface area contributed by atoms with Crippen molar-refractivity contribution < 1.29 is 35.0 Å². The molecule has 7 nitrogen and oxygen atoms in total. The Hall–Kier alpha value is -1.71. The maximum atomic E-state index is 10.4. The van der Waals surface area contributed by atoms with Gasteiger partial charge < -0.3 is 35.0 Å². The van der Waals surface area contributed by atoms with E-state index in [1.54, 1.807) is 12.1 Å². The molecule has 4 rings (SSSR count). The van der Waals surface area contributed by atoms with Gasteiger partial charge in [-0.3, -0.25) is 0 Å². The summed E-state index contributed by atoms with van der Waals surface area (Å²) in [6.45, 7) is -0.476. The Bertz CT molecular complexity index is 919. The molecule has 0 spiro atoms. The van der Waals surface area contributed by atoms with Gasteiger partial charge >= 0.3 is 0 Å². The van der Waals surface area contributed by atoms with E-state index in [0.29, 0.717) is 23.4 Å². The summed E-state index contributed by atoms with van der Waals surface area (Å²) in [7, 11) is 0. The molecule has 5 N–H and O–H groups in total. The number of ether oxygens (including phenoxy) is 2. The summed E-state index contributed by atoms with van der Waals surface area (Å²) < 4.78 is 11.7. The predicted octanol–water partition coefficient (Wildman–Crippen LogP) is 2.13. The van der Waals surface area contributed by atoms with Crippen LogP contribution in [0.5, 0.6) is 5.75 Å². The Morgan fingerprint density at radius 2 is 1.70 bits per heavy atom. The Morgan fingerprint density at radius 1 is 0.939 bits per heavy atom. The predicted molar refractivity (Wildman–Crippen MR) is 122 cm³/mol. The van der Waals surface area contributed by atoms with Crippen molar-refractivity contribution in [3.05, 3.63) is 64.2 Å². The Kier molecular flexibility index (Phi) is 7.91. The average molecular weight is 479 g/mol. The van der Waals surface area contributed by atoms with Crippen LogP contribution in [0.2, 0.25) is 5.02 Å². The van der Waals surface area contributed by atoms with E-state index in [0.717, 1.165) is 36.1 Å². The number of hydrogen-bond acceptors (Lipinski definition) is 7. The van der Waals surface area contributed by atoms with E-state index in [9.17, 15) is 25.5 Å². The summed E-state index contributed by atoms with van der Waals surface area (Å²) in [5.74, 6) is 0.763. The monoisotopic (exact) mass is 478 g/mol. The van der Waals surface area contributed by atoms with E-state index in [-0.39, 0.29) is 12.2 Å². The molecule has 2 aromatic carbocycles. The smallest absolute Gasteiger partial charge is 0.119 e. The van der Waals surface area contributed by atoms with Crippen LogP contribution in [0.25, 0.3) is 0 Å².